The number of rotatable bonds is 4. The van der Waals surface area contributed by atoms with Gasteiger partial charge < -0.3 is 0 Å². The molecule has 48 heavy (non-hydrogen) atoms. The molecule has 10 rings (SSSR count). The van der Waals surface area contributed by atoms with Crippen LogP contribution in [0.2, 0.25) is 0 Å². The van der Waals surface area contributed by atoms with Crippen LogP contribution in [-0.2, 0) is 0 Å². The average Bonchev–Trinajstić information content (AvgIpc) is 3.17. The van der Waals surface area contributed by atoms with E-state index in [1.165, 1.54) is 85.7 Å². The van der Waals surface area contributed by atoms with Gasteiger partial charge in [-0.1, -0.05) is 121 Å². The summed E-state index contributed by atoms with van der Waals surface area (Å²) in [5.74, 6) is 0. The molecule has 0 N–H and O–H groups in total. The van der Waals surface area contributed by atoms with Crippen molar-refractivity contribution in [2.24, 2.45) is 0 Å². The highest BCUT2D eigenvalue weighted by molar-refractivity contribution is 7.68. The van der Waals surface area contributed by atoms with Gasteiger partial charge in [0.25, 0.3) is 0 Å². The highest BCUT2D eigenvalue weighted by Gasteiger charge is 2.31. The molecule has 2 aromatic heterocycles. The summed E-state index contributed by atoms with van der Waals surface area (Å²) < 4.78 is 0. The maximum Gasteiger partial charge on any atom is 0.179 e. The second kappa shape index (κ2) is 11.1. The van der Waals surface area contributed by atoms with E-state index in [1.54, 1.807) is 0 Å². The third-order valence-corrected chi connectivity index (χ3v) is 14.9. The zero-order valence-electron chi connectivity index (χ0n) is 26.2. The fourth-order valence-electron chi connectivity index (χ4n) is 7.76. The quantitative estimate of drug-likeness (QED) is 0.132. The van der Waals surface area contributed by atoms with Crippen molar-refractivity contribution in [1.29, 1.82) is 0 Å². The highest BCUT2D eigenvalue weighted by atomic mass is 31.1. The van der Waals surface area contributed by atoms with Crippen LogP contribution >= 0.6 is 15.1 Å². The molecule has 0 aliphatic carbocycles. The summed E-state index contributed by atoms with van der Waals surface area (Å²) in [6, 6.07) is 68.3. The molecule has 2 heteroatoms. The summed E-state index contributed by atoms with van der Waals surface area (Å²) in [4.78, 5) is 0. The minimum absolute atomic E-state index is 0.764. The maximum atomic E-state index is 2.49. The molecule has 2 atom stereocenters. The normalized spacial score (nSPS) is 12.5. The Bertz CT molecular complexity index is 2600. The second-order valence-corrected chi connectivity index (χ2v) is 16.9. The van der Waals surface area contributed by atoms with Crippen LogP contribution in [0, 0.1) is 0 Å². The maximum absolute atomic E-state index is 2.49. The molecule has 0 radical (unpaired) electrons. The lowest BCUT2D eigenvalue weighted by Gasteiger charge is -2.14. The number of fused-ring (bicyclic) bond motifs is 4. The number of hydrogen-bond donors (Lipinski definition) is 0. The smallest absolute Gasteiger partial charge is 0.0622 e. The van der Waals surface area contributed by atoms with Gasteiger partial charge in [0, 0.05) is 21.5 Å². The summed E-state index contributed by atoms with van der Waals surface area (Å²) in [5.41, 5.74) is 5.09. The Morgan fingerprint density at radius 1 is 0.250 bits per heavy atom. The fourth-order valence-corrected chi connectivity index (χ4v) is 13.1. The predicted molar refractivity (Wildman–Crippen MR) is 213 cm³/mol. The molecule has 2 heterocycles. The van der Waals surface area contributed by atoms with Crippen LogP contribution in [0.5, 0.6) is 0 Å². The topological polar surface area (TPSA) is 0 Å². The Kier molecular flexibility index (Phi) is 6.41. The molecule has 0 spiro atoms. The van der Waals surface area contributed by atoms with E-state index in [0.717, 1.165) is 0 Å². The van der Waals surface area contributed by atoms with Gasteiger partial charge in [0.1, 0.15) is 0 Å². The van der Waals surface area contributed by atoms with Crippen LogP contribution in [0.3, 0.4) is 0 Å². The van der Waals surface area contributed by atoms with Crippen LogP contribution in [0.15, 0.2) is 182 Å². The molecule has 10 aromatic rings. The standard InChI is InChI=1S/C46H30P2/c1-5-13-31(14-6-1)33-21-23-37-39-25-26-40-38-24-22-34(32-15-7-2-8-16-32)30-44(38)48(36-19-11-4-12-20-36)42-28-27-41(45(39)46(40)42)47(43(37)29-33)35-17-9-3-10-18-35/h1-30H/q+2. The monoisotopic (exact) mass is 644 g/mol. The second-order valence-electron chi connectivity index (χ2n) is 12.6. The molecule has 0 saturated heterocycles. The molecule has 0 amide bonds. The predicted octanol–water partition coefficient (Wildman–Crippen LogP) is 14.7. The van der Waals surface area contributed by atoms with Gasteiger partial charge in [-0.05, 0) is 93.7 Å². The molecular weight excluding hydrogens is 614 g/mol. The van der Waals surface area contributed by atoms with Gasteiger partial charge >= 0.3 is 0 Å². The summed E-state index contributed by atoms with van der Waals surface area (Å²) in [6.45, 7) is 0. The molecule has 0 aliphatic heterocycles. The van der Waals surface area contributed by atoms with Crippen LogP contribution in [0.4, 0.5) is 0 Å². The molecular formula is C46H30P2+2. The largest absolute Gasteiger partial charge is 0.179 e. The van der Waals surface area contributed by atoms with Gasteiger partial charge in [-0.15, -0.1) is 0 Å². The summed E-state index contributed by atoms with van der Waals surface area (Å²) in [7, 11) is -1.53. The number of hydrogen-bond acceptors (Lipinski definition) is 0. The van der Waals surface area contributed by atoms with Crippen LogP contribution in [-0.4, -0.2) is 0 Å². The first-order valence-electron chi connectivity index (χ1n) is 16.5. The first-order chi connectivity index (χ1) is 23.8. The van der Waals surface area contributed by atoms with Gasteiger partial charge in [-0.25, -0.2) is 0 Å². The summed E-state index contributed by atoms with van der Waals surface area (Å²) in [5, 5.41) is 17.0. The van der Waals surface area contributed by atoms with Crippen LogP contribution in [0.25, 0.3) is 85.7 Å². The third-order valence-electron chi connectivity index (χ3n) is 9.90. The first-order valence-corrected chi connectivity index (χ1v) is 19.2. The van der Waals surface area contributed by atoms with E-state index in [9.17, 15) is 0 Å². The van der Waals surface area contributed by atoms with Crippen molar-refractivity contribution in [3.05, 3.63) is 182 Å². The Hall–Kier alpha value is -5.38. The lowest BCUT2D eigenvalue weighted by atomic mass is 9.96. The zero-order valence-corrected chi connectivity index (χ0v) is 28.0. The SMILES string of the molecule is c1ccc(-c2ccc3c4ccc5c6ccc(-c7ccccc7)cc6[p+](-c6ccccc6)c6ccc(c4c56)[p+](-c4ccccc4)c3c2)cc1. The van der Waals surface area contributed by atoms with E-state index >= 15 is 0 Å². The number of benzene rings is 8. The third kappa shape index (κ3) is 4.24. The van der Waals surface area contributed by atoms with Crippen molar-refractivity contribution >= 4 is 67.9 Å². The molecule has 222 valence electrons. The Balaban J connectivity index is 1.39. The molecule has 0 bridgehead atoms. The van der Waals surface area contributed by atoms with E-state index in [0.29, 0.717) is 0 Å². The van der Waals surface area contributed by atoms with Gasteiger partial charge in [-0.2, -0.15) is 0 Å². The van der Waals surface area contributed by atoms with E-state index in [4.69, 9.17) is 0 Å². The Labute approximate surface area is 281 Å². The molecule has 0 nitrogen and oxygen atoms in total. The van der Waals surface area contributed by atoms with E-state index in [1.807, 2.05) is 0 Å². The lowest BCUT2D eigenvalue weighted by Crippen LogP contribution is -1.89. The van der Waals surface area contributed by atoms with Crippen molar-refractivity contribution in [1.82, 2.24) is 0 Å². The Morgan fingerprint density at radius 2 is 0.604 bits per heavy atom. The highest BCUT2D eigenvalue weighted by Crippen LogP contribution is 2.61. The van der Waals surface area contributed by atoms with Crippen molar-refractivity contribution in [3.63, 3.8) is 0 Å². The molecule has 0 fully saturated rings. The van der Waals surface area contributed by atoms with Crippen molar-refractivity contribution in [2.75, 3.05) is 0 Å². The van der Waals surface area contributed by atoms with Gasteiger partial charge in [0.05, 0.1) is 0 Å². The van der Waals surface area contributed by atoms with E-state index in [2.05, 4.69) is 182 Å². The fraction of sp³-hybridized carbons (Fsp3) is 0. The minimum Gasteiger partial charge on any atom is -0.0622 e. The molecule has 8 aromatic carbocycles. The van der Waals surface area contributed by atoms with Crippen molar-refractivity contribution < 1.29 is 0 Å². The van der Waals surface area contributed by atoms with Crippen LogP contribution in [0.1, 0.15) is 0 Å². The van der Waals surface area contributed by atoms with E-state index in [-0.39, 0.29) is 0 Å². The first kappa shape index (κ1) is 27.7. The summed E-state index contributed by atoms with van der Waals surface area (Å²) in [6.07, 6.45) is 0. The average molecular weight is 645 g/mol. The summed E-state index contributed by atoms with van der Waals surface area (Å²) >= 11 is 0. The van der Waals surface area contributed by atoms with Gasteiger partial charge in [0.15, 0.2) is 46.1 Å². The zero-order chi connectivity index (χ0) is 31.6. The van der Waals surface area contributed by atoms with Crippen molar-refractivity contribution in [3.8, 4) is 32.9 Å². The van der Waals surface area contributed by atoms with Gasteiger partial charge in [-0.3, -0.25) is 0 Å². The van der Waals surface area contributed by atoms with Crippen LogP contribution < -0.4 is 0 Å². The Morgan fingerprint density at radius 3 is 1.00 bits per heavy atom. The lowest BCUT2D eigenvalue weighted by molar-refractivity contribution is 1.66. The van der Waals surface area contributed by atoms with E-state index < -0.39 is 15.1 Å². The van der Waals surface area contributed by atoms with Crippen molar-refractivity contribution in [2.45, 2.75) is 0 Å². The molecule has 0 saturated carbocycles. The molecule has 2 unspecified atom stereocenters. The minimum atomic E-state index is -0.764. The van der Waals surface area contributed by atoms with Gasteiger partial charge in [0.2, 0.25) is 0 Å². The molecule has 0 aliphatic rings.